The Morgan fingerprint density at radius 3 is 1.40 bits per heavy atom. The van der Waals surface area contributed by atoms with Crippen molar-refractivity contribution in [3.63, 3.8) is 0 Å². The zero-order chi connectivity index (χ0) is 28.3. The van der Waals surface area contributed by atoms with Gasteiger partial charge in [0.1, 0.15) is 0 Å². The molecular formula is C40H25N3. The Morgan fingerprint density at radius 1 is 0.349 bits per heavy atom. The summed E-state index contributed by atoms with van der Waals surface area (Å²) in [7, 11) is 0. The maximum absolute atomic E-state index is 4.70. The van der Waals surface area contributed by atoms with E-state index in [4.69, 9.17) is 4.98 Å². The molecule has 0 fully saturated rings. The minimum atomic E-state index is 0.947. The first-order chi connectivity index (χ1) is 21.3. The van der Waals surface area contributed by atoms with Crippen molar-refractivity contribution < 1.29 is 0 Å². The zero-order valence-corrected chi connectivity index (χ0v) is 23.3. The number of rotatable bonds is 3. The van der Waals surface area contributed by atoms with Gasteiger partial charge in [-0.2, -0.15) is 0 Å². The van der Waals surface area contributed by atoms with Gasteiger partial charge in [0.15, 0.2) is 0 Å². The molecule has 0 saturated heterocycles. The molecule has 2 aromatic heterocycles. The van der Waals surface area contributed by atoms with Gasteiger partial charge in [-0.3, -0.25) is 9.97 Å². The molecule has 3 nitrogen and oxygen atoms in total. The van der Waals surface area contributed by atoms with Crippen LogP contribution in [0.1, 0.15) is 0 Å². The molecule has 0 aliphatic rings. The highest BCUT2D eigenvalue weighted by molar-refractivity contribution is 6.23. The molecule has 0 atom stereocenters. The molecule has 0 saturated carbocycles. The molecule has 0 aliphatic carbocycles. The van der Waals surface area contributed by atoms with Gasteiger partial charge in [-0.25, -0.2) is 0 Å². The minimum absolute atomic E-state index is 0.947. The van der Waals surface area contributed by atoms with Crippen molar-refractivity contribution in [3.8, 4) is 27.9 Å². The molecule has 7 aromatic carbocycles. The van der Waals surface area contributed by atoms with Crippen molar-refractivity contribution in [2.24, 2.45) is 0 Å². The average molecular weight is 548 g/mol. The Hall–Kier alpha value is -5.80. The molecule has 3 heteroatoms. The van der Waals surface area contributed by atoms with Gasteiger partial charge in [-0.1, -0.05) is 109 Å². The van der Waals surface area contributed by atoms with Crippen LogP contribution in [0.4, 0.5) is 0 Å². The molecule has 0 amide bonds. The van der Waals surface area contributed by atoms with E-state index in [0.717, 1.165) is 21.8 Å². The summed E-state index contributed by atoms with van der Waals surface area (Å²) in [5, 5.41) is 7.22. The number of para-hydroxylation sites is 2. The average Bonchev–Trinajstić information content (AvgIpc) is 3.43. The number of fused-ring (bicyclic) bond motifs is 9. The minimum Gasteiger partial charge on any atom is -0.309 e. The van der Waals surface area contributed by atoms with E-state index in [1.807, 2.05) is 0 Å². The number of hydrogen-bond acceptors (Lipinski definition) is 2. The Bertz CT molecular complexity index is 2400. The van der Waals surface area contributed by atoms with Gasteiger partial charge < -0.3 is 4.57 Å². The van der Waals surface area contributed by atoms with Crippen molar-refractivity contribution in [3.05, 3.63) is 152 Å². The lowest BCUT2D eigenvalue weighted by Gasteiger charge is -2.11. The third kappa shape index (κ3) is 3.68. The zero-order valence-electron chi connectivity index (χ0n) is 23.3. The molecule has 0 radical (unpaired) electrons. The molecule has 43 heavy (non-hydrogen) atoms. The predicted molar refractivity (Wildman–Crippen MR) is 180 cm³/mol. The van der Waals surface area contributed by atoms with Crippen LogP contribution in [0.15, 0.2) is 152 Å². The lowest BCUT2D eigenvalue weighted by molar-refractivity contribution is 1.18. The summed E-state index contributed by atoms with van der Waals surface area (Å²) in [5.41, 5.74) is 10.3. The highest BCUT2D eigenvalue weighted by atomic mass is 15.0. The standard InChI is InChI=1S/C40H25N3/c1-2-10-34-31(7-1)36-25-29(19-22-35(36)40-39(34)41-23-24-42-40)28-15-13-26(14-16-28)27-17-20-30(21-18-27)43-37-11-5-3-8-32(37)33-9-4-6-12-38(33)43/h1-25H. The van der Waals surface area contributed by atoms with Crippen LogP contribution in [0.25, 0.3) is 82.3 Å². The third-order valence-electron chi connectivity index (χ3n) is 8.70. The van der Waals surface area contributed by atoms with E-state index < -0.39 is 0 Å². The SMILES string of the molecule is c1ccc2c(c1)c1cc(-c3ccc(-c4ccc(-n5c6ccccc6c6ccccc65)cc4)cc3)ccc1c1nccnc21. The summed E-state index contributed by atoms with van der Waals surface area (Å²) in [4.78, 5) is 9.36. The molecule has 200 valence electrons. The van der Waals surface area contributed by atoms with Crippen molar-refractivity contribution in [2.75, 3.05) is 0 Å². The maximum Gasteiger partial charge on any atom is 0.0971 e. The van der Waals surface area contributed by atoms with Crippen LogP contribution in [0.3, 0.4) is 0 Å². The summed E-state index contributed by atoms with van der Waals surface area (Å²) >= 11 is 0. The van der Waals surface area contributed by atoms with E-state index in [-0.39, 0.29) is 0 Å². The van der Waals surface area contributed by atoms with Crippen molar-refractivity contribution >= 4 is 54.4 Å². The van der Waals surface area contributed by atoms with E-state index in [1.54, 1.807) is 12.4 Å². The Kier molecular flexibility index (Phi) is 5.20. The molecule has 0 unspecified atom stereocenters. The normalized spacial score (nSPS) is 11.7. The second-order valence-corrected chi connectivity index (χ2v) is 11.1. The number of nitrogens with zero attached hydrogens (tertiary/aromatic N) is 3. The smallest absolute Gasteiger partial charge is 0.0971 e. The molecular weight excluding hydrogens is 522 g/mol. The molecule has 9 rings (SSSR count). The number of aromatic nitrogens is 3. The van der Waals surface area contributed by atoms with Gasteiger partial charge in [0, 0.05) is 39.6 Å². The molecule has 0 aliphatic heterocycles. The molecule has 0 bridgehead atoms. The van der Waals surface area contributed by atoms with Gasteiger partial charge in [-0.05, 0) is 63.4 Å². The predicted octanol–water partition coefficient (Wildman–Crippen LogP) is 10.4. The van der Waals surface area contributed by atoms with Crippen LogP contribution < -0.4 is 0 Å². The number of hydrogen-bond donors (Lipinski definition) is 0. The van der Waals surface area contributed by atoms with Crippen LogP contribution in [0, 0.1) is 0 Å². The first-order valence-electron chi connectivity index (χ1n) is 14.6. The lowest BCUT2D eigenvalue weighted by atomic mass is 9.94. The van der Waals surface area contributed by atoms with E-state index in [0.29, 0.717) is 0 Å². The van der Waals surface area contributed by atoms with Crippen LogP contribution in [-0.4, -0.2) is 14.5 Å². The quantitative estimate of drug-likeness (QED) is 0.206. The van der Waals surface area contributed by atoms with Gasteiger partial charge in [0.05, 0.1) is 22.1 Å². The van der Waals surface area contributed by atoms with Crippen LogP contribution in [0.5, 0.6) is 0 Å². The third-order valence-corrected chi connectivity index (χ3v) is 8.70. The van der Waals surface area contributed by atoms with E-state index >= 15 is 0 Å². The Morgan fingerprint density at radius 2 is 0.791 bits per heavy atom. The van der Waals surface area contributed by atoms with Crippen LogP contribution >= 0.6 is 0 Å². The van der Waals surface area contributed by atoms with Crippen molar-refractivity contribution in [1.29, 1.82) is 0 Å². The summed E-state index contributed by atoms with van der Waals surface area (Å²) < 4.78 is 2.36. The topological polar surface area (TPSA) is 30.7 Å². The molecule has 0 N–H and O–H groups in total. The highest BCUT2D eigenvalue weighted by Gasteiger charge is 2.13. The van der Waals surface area contributed by atoms with E-state index in [2.05, 4.69) is 149 Å². The van der Waals surface area contributed by atoms with Gasteiger partial charge in [0.2, 0.25) is 0 Å². The molecule has 0 spiro atoms. The first kappa shape index (κ1) is 23.9. The monoisotopic (exact) mass is 547 g/mol. The fraction of sp³-hybridized carbons (Fsp3) is 0. The van der Waals surface area contributed by atoms with Gasteiger partial charge in [-0.15, -0.1) is 0 Å². The fourth-order valence-electron chi connectivity index (χ4n) is 6.67. The highest BCUT2D eigenvalue weighted by Crippen LogP contribution is 2.36. The molecule has 9 aromatic rings. The van der Waals surface area contributed by atoms with Crippen molar-refractivity contribution in [2.45, 2.75) is 0 Å². The maximum atomic E-state index is 4.70. The second-order valence-electron chi connectivity index (χ2n) is 11.1. The second kappa shape index (κ2) is 9.37. The first-order valence-corrected chi connectivity index (χ1v) is 14.6. The van der Waals surface area contributed by atoms with Crippen LogP contribution in [0.2, 0.25) is 0 Å². The van der Waals surface area contributed by atoms with Gasteiger partial charge >= 0.3 is 0 Å². The fourth-order valence-corrected chi connectivity index (χ4v) is 6.67. The lowest BCUT2D eigenvalue weighted by Crippen LogP contribution is -1.93. The summed E-state index contributed by atoms with van der Waals surface area (Å²) in [6.07, 6.45) is 3.55. The van der Waals surface area contributed by atoms with Crippen molar-refractivity contribution in [1.82, 2.24) is 14.5 Å². The largest absolute Gasteiger partial charge is 0.309 e. The van der Waals surface area contributed by atoms with Crippen LogP contribution in [-0.2, 0) is 0 Å². The summed E-state index contributed by atoms with van der Waals surface area (Å²) in [5.74, 6) is 0. The Labute approximate surface area is 248 Å². The summed E-state index contributed by atoms with van der Waals surface area (Å²) in [6, 6.07) is 50.2. The van der Waals surface area contributed by atoms with Gasteiger partial charge in [0.25, 0.3) is 0 Å². The Balaban J connectivity index is 1.09. The molecule has 2 heterocycles. The van der Waals surface area contributed by atoms with E-state index in [1.165, 1.54) is 60.5 Å². The summed E-state index contributed by atoms with van der Waals surface area (Å²) in [6.45, 7) is 0. The number of benzene rings is 7. The van der Waals surface area contributed by atoms with E-state index in [9.17, 15) is 0 Å².